The standard InChI is InChI=1S/C16H19N5O2/c1-13-10-21-8-2-4-14(16(21)19-13)23-11-15(22)18-5-3-7-20-9-6-17-12-20/h2,4,6,8-10,12H,3,5,7,11H2,1H3,(H,18,22). The Balaban J connectivity index is 1.44. The van der Waals surface area contributed by atoms with Gasteiger partial charge in [0.1, 0.15) is 0 Å². The maximum absolute atomic E-state index is 11.8. The topological polar surface area (TPSA) is 73.5 Å². The molecule has 0 aromatic carbocycles. The molecule has 0 aliphatic rings. The number of rotatable bonds is 7. The Morgan fingerprint density at radius 1 is 1.39 bits per heavy atom. The third-order valence-electron chi connectivity index (χ3n) is 3.40. The molecule has 3 aromatic heterocycles. The molecule has 7 nitrogen and oxygen atoms in total. The molecule has 3 rings (SSSR count). The van der Waals surface area contributed by atoms with E-state index in [-0.39, 0.29) is 12.5 Å². The van der Waals surface area contributed by atoms with Gasteiger partial charge in [-0.1, -0.05) is 0 Å². The molecule has 0 saturated carbocycles. The van der Waals surface area contributed by atoms with Crippen LogP contribution in [-0.4, -0.2) is 38.0 Å². The second kappa shape index (κ2) is 6.95. The van der Waals surface area contributed by atoms with Crippen molar-refractivity contribution in [1.29, 1.82) is 0 Å². The molecule has 0 saturated heterocycles. The fourth-order valence-corrected chi connectivity index (χ4v) is 2.33. The second-order valence-electron chi connectivity index (χ2n) is 5.28. The first-order valence-electron chi connectivity index (χ1n) is 7.52. The van der Waals surface area contributed by atoms with Crippen LogP contribution in [0.15, 0.2) is 43.2 Å². The number of imidazole rings is 2. The molecule has 1 N–H and O–H groups in total. The minimum absolute atomic E-state index is 0.0172. The SMILES string of the molecule is Cc1cn2cccc(OCC(=O)NCCCn3ccnc3)c2n1. The van der Waals surface area contributed by atoms with E-state index in [0.717, 1.165) is 24.3 Å². The van der Waals surface area contributed by atoms with Gasteiger partial charge in [0.25, 0.3) is 5.91 Å². The number of aryl methyl sites for hydroxylation is 2. The number of hydrogen-bond acceptors (Lipinski definition) is 4. The van der Waals surface area contributed by atoms with Gasteiger partial charge in [-0.05, 0) is 25.5 Å². The first-order chi connectivity index (χ1) is 11.2. The van der Waals surface area contributed by atoms with Crippen LogP contribution in [0.4, 0.5) is 0 Å². The summed E-state index contributed by atoms with van der Waals surface area (Å²) in [6, 6.07) is 3.68. The maximum Gasteiger partial charge on any atom is 0.257 e. The lowest BCUT2D eigenvalue weighted by Crippen LogP contribution is -2.30. The van der Waals surface area contributed by atoms with E-state index >= 15 is 0 Å². The van der Waals surface area contributed by atoms with Crippen molar-refractivity contribution in [1.82, 2.24) is 24.3 Å². The molecule has 23 heavy (non-hydrogen) atoms. The van der Waals surface area contributed by atoms with Crippen LogP contribution in [0, 0.1) is 6.92 Å². The lowest BCUT2D eigenvalue weighted by Gasteiger charge is -2.08. The van der Waals surface area contributed by atoms with Crippen molar-refractivity contribution in [3.8, 4) is 5.75 Å². The zero-order valence-corrected chi connectivity index (χ0v) is 13.0. The van der Waals surface area contributed by atoms with Crippen molar-refractivity contribution in [2.24, 2.45) is 0 Å². The number of nitrogens with one attached hydrogen (secondary N) is 1. The summed E-state index contributed by atoms with van der Waals surface area (Å²) < 4.78 is 9.45. The molecular weight excluding hydrogens is 294 g/mol. The fourth-order valence-electron chi connectivity index (χ4n) is 2.33. The van der Waals surface area contributed by atoms with Crippen LogP contribution in [0.2, 0.25) is 0 Å². The monoisotopic (exact) mass is 313 g/mol. The molecule has 0 radical (unpaired) electrons. The van der Waals surface area contributed by atoms with Gasteiger partial charge in [0.15, 0.2) is 18.0 Å². The van der Waals surface area contributed by atoms with Crippen LogP contribution in [0.5, 0.6) is 5.75 Å². The summed E-state index contributed by atoms with van der Waals surface area (Å²) in [5.41, 5.74) is 1.63. The highest BCUT2D eigenvalue weighted by atomic mass is 16.5. The van der Waals surface area contributed by atoms with Gasteiger partial charge < -0.3 is 19.0 Å². The number of amides is 1. The number of carbonyl (C=O) groups is 1. The van der Waals surface area contributed by atoms with Crippen molar-refractivity contribution in [3.05, 3.63) is 48.9 Å². The normalized spacial score (nSPS) is 10.8. The molecule has 0 unspecified atom stereocenters. The molecule has 3 aromatic rings. The maximum atomic E-state index is 11.8. The molecule has 1 amide bonds. The Morgan fingerprint density at radius 2 is 2.30 bits per heavy atom. The molecule has 0 bridgehead atoms. The lowest BCUT2D eigenvalue weighted by atomic mass is 10.4. The van der Waals surface area contributed by atoms with Crippen molar-refractivity contribution in [2.45, 2.75) is 19.9 Å². The van der Waals surface area contributed by atoms with E-state index in [1.54, 1.807) is 12.5 Å². The highest BCUT2D eigenvalue weighted by Gasteiger charge is 2.07. The van der Waals surface area contributed by atoms with E-state index in [9.17, 15) is 4.79 Å². The molecular formula is C16H19N5O2. The number of aromatic nitrogens is 4. The summed E-state index contributed by atoms with van der Waals surface area (Å²) in [4.78, 5) is 20.2. The van der Waals surface area contributed by atoms with E-state index in [0.29, 0.717) is 12.3 Å². The summed E-state index contributed by atoms with van der Waals surface area (Å²) in [7, 11) is 0. The van der Waals surface area contributed by atoms with E-state index in [2.05, 4.69) is 15.3 Å². The van der Waals surface area contributed by atoms with Crippen LogP contribution < -0.4 is 10.1 Å². The van der Waals surface area contributed by atoms with Gasteiger partial charge in [-0.3, -0.25) is 4.79 Å². The fraction of sp³-hybridized carbons (Fsp3) is 0.312. The van der Waals surface area contributed by atoms with Gasteiger partial charge in [-0.2, -0.15) is 0 Å². The Bertz CT molecular complexity index is 779. The smallest absolute Gasteiger partial charge is 0.257 e. The number of carbonyl (C=O) groups excluding carboxylic acids is 1. The minimum Gasteiger partial charge on any atom is -0.480 e. The van der Waals surface area contributed by atoms with E-state index in [1.165, 1.54) is 0 Å². The van der Waals surface area contributed by atoms with Gasteiger partial charge in [-0.15, -0.1) is 0 Å². The summed E-state index contributed by atoms with van der Waals surface area (Å²) in [5.74, 6) is 0.468. The van der Waals surface area contributed by atoms with E-state index in [1.807, 2.05) is 46.6 Å². The van der Waals surface area contributed by atoms with Crippen LogP contribution in [0.3, 0.4) is 0 Å². The quantitative estimate of drug-likeness (QED) is 0.670. The van der Waals surface area contributed by atoms with Gasteiger partial charge in [0.05, 0.1) is 12.0 Å². The Kier molecular flexibility index (Phi) is 4.56. The summed E-state index contributed by atoms with van der Waals surface area (Å²) in [5, 5.41) is 2.84. The van der Waals surface area contributed by atoms with Crippen molar-refractivity contribution in [2.75, 3.05) is 13.2 Å². The molecule has 7 heteroatoms. The van der Waals surface area contributed by atoms with Crippen LogP contribution in [0.1, 0.15) is 12.1 Å². The average Bonchev–Trinajstić information content (AvgIpc) is 3.17. The first kappa shape index (κ1) is 15.1. The van der Waals surface area contributed by atoms with E-state index < -0.39 is 0 Å². The highest BCUT2D eigenvalue weighted by molar-refractivity contribution is 5.77. The number of fused-ring (bicyclic) bond motifs is 1. The largest absolute Gasteiger partial charge is 0.480 e. The Morgan fingerprint density at radius 3 is 3.13 bits per heavy atom. The van der Waals surface area contributed by atoms with Crippen molar-refractivity contribution in [3.63, 3.8) is 0 Å². The number of pyridine rings is 1. The number of nitrogens with zero attached hydrogens (tertiary/aromatic N) is 4. The zero-order valence-electron chi connectivity index (χ0n) is 13.0. The molecule has 120 valence electrons. The number of ether oxygens (including phenoxy) is 1. The second-order valence-corrected chi connectivity index (χ2v) is 5.28. The van der Waals surface area contributed by atoms with Crippen LogP contribution in [0.25, 0.3) is 5.65 Å². The third-order valence-corrected chi connectivity index (χ3v) is 3.40. The molecule has 0 aliphatic heterocycles. The summed E-state index contributed by atoms with van der Waals surface area (Å²) in [6.07, 6.45) is 10.1. The molecule has 0 fully saturated rings. The van der Waals surface area contributed by atoms with E-state index in [4.69, 9.17) is 4.74 Å². The Labute approximate surface area is 133 Å². The summed E-state index contributed by atoms with van der Waals surface area (Å²) >= 11 is 0. The number of hydrogen-bond donors (Lipinski definition) is 1. The van der Waals surface area contributed by atoms with Gasteiger partial charge in [0.2, 0.25) is 0 Å². The highest BCUT2D eigenvalue weighted by Crippen LogP contribution is 2.18. The van der Waals surface area contributed by atoms with Gasteiger partial charge >= 0.3 is 0 Å². The van der Waals surface area contributed by atoms with Crippen molar-refractivity contribution >= 4 is 11.6 Å². The zero-order chi connectivity index (χ0) is 16.1. The summed E-state index contributed by atoms with van der Waals surface area (Å²) in [6.45, 7) is 3.33. The predicted octanol–water partition coefficient (Wildman–Crippen LogP) is 1.42. The molecule has 0 aliphatic carbocycles. The predicted molar refractivity (Wildman–Crippen MR) is 85.3 cm³/mol. The van der Waals surface area contributed by atoms with Crippen LogP contribution in [-0.2, 0) is 11.3 Å². The minimum atomic E-state index is -0.138. The van der Waals surface area contributed by atoms with Crippen LogP contribution >= 0.6 is 0 Å². The average molecular weight is 313 g/mol. The molecule has 0 spiro atoms. The Hall–Kier alpha value is -2.83. The van der Waals surface area contributed by atoms with Gasteiger partial charge in [0, 0.05) is 37.9 Å². The van der Waals surface area contributed by atoms with Crippen molar-refractivity contribution < 1.29 is 9.53 Å². The first-order valence-corrected chi connectivity index (χ1v) is 7.52. The third kappa shape index (κ3) is 3.88. The van der Waals surface area contributed by atoms with Gasteiger partial charge in [-0.25, -0.2) is 9.97 Å². The molecule has 0 atom stereocenters. The lowest BCUT2D eigenvalue weighted by molar-refractivity contribution is -0.123. The molecule has 3 heterocycles.